The number of carbonyl (C=O) groups excluding carboxylic acids is 2. The van der Waals surface area contributed by atoms with E-state index in [0.29, 0.717) is 29.9 Å². The van der Waals surface area contributed by atoms with Crippen molar-refractivity contribution in [2.24, 2.45) is 0 Å². The van der Waals surface area contributed by atoms with Crippen molar-refractivity contribution in [3.05, 3.63) is 23.8 Å². The van der Waals surface area contributed by atoms with Gasteiger partial charge < -0.3 is 20.1 Å². The molecule has 0 aliphatic carbocycles. The smallest absolute Gasteiger partial charge is 0.236 e. The largest absolute Gasteiger partial charge is 0.497 e. The summed E-state index contributed by atoms with van der Waals surface area (Å²) in [5, 5.41) is 6.15. The van der Waals surface area contributed by atoms with Crippen LogP contribution < -0.4 is 20.1 Å². The van der Waals surface area contributed by atoms with E-state index in [1.165, 1.54) is 7.11 Å². The number of rotatable bonds is 3. The van der Waals surface area contributed by atoms with E-state index in [1.807, 2.05) is 0 Å². The van der Waals surface area contributed by atoms with Gasteiger partial charge in [0.2, 0.25) is 5.91 Å². The Labute approximate surface area is 129 Å². The van der Waals surface area contributed by atoms with Crippen molar-refractivity contribution < 1.29 is 19.1 Å². The van der Waals surface area contributed by atoms with E-state index in [9.17, 15) is 9.59 Å². The highest BCUT2D eigenvalue weighted by Gasteiger charge is 2.53. The number of benzene rings is 1. The lowest BCUT2D eigenvalue weighted by Gasteiger charge is -2.32. The number of nitrogens with one attached hydrogen (secondary N) is 2. The van der Waals surface area contributed by atoms with Gasteiger partial charge in [-0.1, -0.05) is 0 Å². The number of piperidine rings is 1. The Morgan fingerprint density at radius 3 is 2.50 bits per heavy atom. The molecule has 2 saturated heterocycles. The van der Waals surface area contributed by atoms with Gasteiger partial charge in [0.05, 0.1) is 14.2 Å². The summed E-state index contributed by atoms with van der Waals surface area (Å²) in [5.41, 5.74) is -0.166. The quantitative estimate of drug-likeness (QED) is 0.800. The summed E-state index contributed by atoms with van der Waals surface area (Å²) >= 11 is 0. The van der Waals surface area contributed by atoms with Gasteiger partial charge in [0, 0.05) is 5.56 Å². The fourth-order valence-corrected chi connectivity index (χ4v) is 3.34. The van der Waals surface area contributed by atoms with E-state index < -0.39 is 11.5 Å². The fraction of sp³-hybridized carbons (Fsp3) is 0.500. The zero-order valence-corrected chi connectivity index (χ0v) is 12.8. The lowest BCUT2D eigenvalue weighted by molar-refractivity contribution is -0.125. The molecule has 0 aromatic heterocycles. The molecule has 6 nitrogen and oxygen atoms in total. The van der Waals surface area contributed by atoms with Crippen molar-refractivity contribution in [3.63, 3.8) is 0 Å². The third kappa shape index (κ3) is 2.23. The van der Waals surface area contributed by atoms with Crippen LogP contribution in [0, 0.1) is 0 Å². The minimum absolute atomic E-state index is 0.0643. The van der Waals surface area contributed by atoms with Crippen molar-refractivity contribution in [1.29, 1.82) is 0 Å². The molecule has 1 atom stereocenters. The highest BCUT2D eigenvalue weighted by atomic mass is 16.5. The number of Topliss-reactive ketones (excluding diaryl/α,β-unsaturated/α-hetero) is 1. The SMILES string of the molecule is COc1ccc(OC)c(C2C(=O)NC3(CCNCC3)C2=O)c1. The Kier molecular flexibility index (Phi) is 3.78. The maximum atomic E-state index is 13.0. The average molecular weight is 304 g/mol. The second-order valence-electron chi connectivity index (χ2n) is 5.73. The van der Waals surface area contributed by atoms with Gasteiger partial charge in [-0.05, 0) is 44.1 Å². The number of hydrogen-bond acceptors (Lipinski definition) is 5. The molecular weight excluding hydrogens is 284 g/mol. The van der Waals surface area contributed by atoms with Crippen molar-refractivity contribution in [2.75, 3.05) is 27.3 Å². The van der Waals surface area contributed by atoms with Crippen molar-refractivity contribution in [1.82, 2.24) is 10.6 Å². The summed E-state index contributed by atoms with van der Waals surface area (Å²) in [4.78, 5) is 25.4. The van der Waals surface area contributed by atoms with Crippen molar-refractivity contribution >= 4 is 11.7 Å². The average Bonchev–Trinajstić information content (AvgIpc) is 2.77. The maximum absolute atomic E-state index is 13.0. The van der Waals surface area contributed by atoms with Gasteiger partial charge >= 0.3 is 0 Å². The highest BCUT2D eigenvalue weighted by Crippen LogP contribution is 2.39. The first kappa shape index (κ1) is 14.8. The normalized spacial score (nSPS) is 23.5. The van der Waals surface area contributed by atoms with Gasteiger partial charge in [-0.15, -0.1) is 0 Å². The number of carbonyl (C=O) groups is 2. The van der Waals surface area contributed by atoms with E-state index in [1.54, 1.807) is 25.3 Å². The van der Waals surface area contributed by atoms with Crippen LogP contribution in [-0.2, 0) is 9.59 Å². The van der Waals surface area contributed by atoms with Crippen molar-refractivity contribution in [2.45, 2.75) is 24.3 Å². The molecular formula is C16H20N2O4. The first-order valence-electron chi connectivity index (χ1n) is 7.40. The summed E-state index contributed by atoms with van der Waals surface area (Å²) in [6.07, 6.45) is 1.25. The molecule has 118 valence electrons. The first-order chi connectivity index (χ1) is 10.6. The van der Waals surface area contributed by atoms with Crippen LogP contribution in [-0.4, -0.2) is 44.5 Å². The molecule has 1 unspecified atom stereocenters. The Hall–Kier alpha value is -2.08. The monoisotopic (exact) mass is 304 g/mol. The Morgan fingerprint density at radius 2 is 1.86 bits per heavy atom. The Morgan fingerprint density at radius 1 is 1.14 bits per heavy atom. The molecule has 2 heterocycles. The van der Waals surface area contributed by atoms with E-state index in [-0.39, 0.29) is 11.7 Å². The predicted octanol–water partition coefficient (Wildman–Crippen LogP) is 0.608. The van der Waals surface area contributed by atoms with Crippen LogP contribution in [0.2, 0.25) is 0 Å². The van der Waals surface area contributed by atoms with E-state index in [0.717, 1.165) is 13.1 Å². The Bertz CT molecular complexity index is 608. The topological polar surface area (TPSA) is 76.7 Å². The summed E-state index contributed by atoms with van der Waals surface area (Å²) in [6.45, 7) is 1.46. The van der Waals surface area contributed by atoms with Gasteiger partial charge in [-0.3, -0.25) is 9.59 Å². The molecule has 22 heavy (non-hydrogen) atoms. The summed E-state index contributed by atoms with van der Waals surface area (Å²) in [6, 6.07) is 5.18. The summed E-state index contributed by atoms with van der Waals surface area (Å²) in [5.74, 6) is -0.0184. The number of ether oxygens (including phenoxy) is 2. The lowest BCUT2D eigenvalue weighted by Crippen LogP contribution is -2.53. The predicted molar refractivity (Wildman–Crippen MR) is 80.3 cm³/mol. The van der Waals surface area contributed by atoms with Gasteiger partial charge in [-0.2, -0.15) is 0 Å². The molecule has 2 N–H and O–H groups in total. The van der Waals surface area contributed by atoms with E-state index in [2.05, 4.69) is 10.6 Å². The molecule has 2 fully saturated rings. The van der Waals surface area contributed by atoms with E-state index >= 15 is 0 Å². The molecule has 1 amide bonds. The van der Waals surface area contributed by atoms with Gasteiger partial charge in [0.1, 0.15) is 23.0 Å². The van der Waals surface area contributed by atoms with Crippen LogP contribution in [0.25, 0.3) is 0 Å². The molecule has 6 heteroatoms. The second-order valence-corrected chi connectivity index (χ2v) is 5.73. The zero-order chi connectivity index (χ0) is 15.7. The van der Waals surface area contributed by atoms with Gasteiger partial charge in [-0.25, -0.2) is 0 Å². The molecule has 1 spiro atoms. The van der Waals surface area contributed by atoms with Gasteiger partial charge in [0.15, 0.2) is 5.78 Å². The van der Waals surface area contributed by atoms with Crippen LogP contribution in [0.5, 0.6) is 11.5 Å². The minimum atomic E-state index is -0.830. The standard InChI is InChI=1S/C16H20N2O4/c1-21-10-3-4-12(22-2)11(9-10)13-14(19)16(18-15(13)20)5-7-17-8-6-16/h3-4,9,13,17H,5-8H2,1-2H3,(H,18,20). The number of methoxy groups -OCH3 is 2. The first-order valence-corrected chi connectivity index (χ1v) is 7.40. The molecule has 0 bridgehead atoms. The minimum Gasteiger partial charge on any atom is -0.497 e. The Balaban J connectivity index is 2.01. The third-order valence-electron chi connectivity index (χ3n) is 4.56. The molecule has 1 aromatic rings. The van der Waals surface area contributed by atoms with Gasteiger partial charge in [0.25, 0.3) is 0 Å². The summed E-state index contributed by atoms with van der Waals surface area (Å²) in [7, 11) is 3.08. The summed E-state index contributed by atoms with van der Waals surface area (Å²) < 4.78 is 10.5. The zero-order valence-electron chi connectivity index (χ0n) is 12.8. The van der Waals surface area contributed by atoms with Crippen LogP contribution >= 0.6 is 0 Å². The molecule has 0 saturated carbocycles. The van der Waals surface area contributed by atoms with Crippen LogP contribution in [0.4, 0.5) is 0 Å². The van der Waals surface area contributed by atoms with Crippen LogP contribution in [0.3, 0.4) is 0 Å². The van der Waals surface area contributed by atoms with Crippen LogP contribution in [0.15, 0.2) is 18.2 Å². The molecule has 2 aliphatic heterocycles. The molecule has 3 rings (SSSR count). The highest BCUT2D eigenvalue weighted by molar-refractivity contribution is 6.17. The maximum Gasteiger partial charge on any atom is 0.236 e. The number of hydrogen-bond donors (Lipinski definition) is 2. The third-order valence-corrected chi connectivity index (χ3v) is 4.56. The lowest BCUT2D eigenvalue weighted by atomic mass is 9.81. The number of amides is 1. The van der Waals surface area contributed by atoms with E-state index in [4.69, 9.17) is 9.47 Å². The molecule has 1 aromatic carbocycles. The van der Waals surface area contributed by atoms with Crippen molar-refractivity contribution in [3.8, 4) is 11.5 Å². The molecule has 2 aliphatic rings. The molecule has 0 radical (unpaired) electrons. The number of ketones is 1. The second kappa shape index (κ2) is 5.61. The van der Waals surface area contributed by atoms with Crippen LogP contribution in [0.1, 0.15) is 24.3 Å². The fourth-order valence-electron chi connectivity index (χ4n) is 3.34.